The van der Waals surface area contributed by atoms with Gasteiger partial charge in [0, 0.05) is 0 Å². The molecule has 1 heterocycles. The van der Waals surface area contributed by atoms with Gasteiger partial charge >= 0.3 is 311 Å². The van der Waals surface area contributed by atoms with Crippen molar-refractivity contribution < 1.29 is 45.1 Å². The van der Waals surface area contributed by atoms with Gasteiger partial charge < -0.3 is 24.8 Å². The second-order valence-corrected chi connectivity index (χ2v) is 27.4. The Bertz CT molecular complexity index is 2220. The normalized spacial score (nSPS) is 22.5. The van der Waals surface area contributed by atoms with Crippen LogP contribution in [0.5, 0.6) is 0 Å². The van der Waals surface area contributed by atoms with E-state index >= 15 is 0 Å². The van der Waals surface area contributed by atoms with Crippen LogP contribution in [0, 0.1) is 0 Å². The molecule has 0 nitrogen and oxygen atoms in total. The minimum absolute atomic E-state index is 0. The Labute approximate surface area is 333 Å². The zero-order chi connectivity index (χ0) is 34.1. The molecular formula is C50H48Cl2Zr. The van der Waals surface area contributed by atoms with E-state index in [9.17, 15) is 0 Å². The quantitative estimate of drug-likeness (QED) is 0.144. The number of halogens is 2. The van der Waals surface area contributed by atoms with Crippen LogP contribution in [0.3, 0.4) is 0 Å². The summed E-state index contributed by atoms with van der Waals surface area (Å²) < 4.78 is 3.33. The average Bonchev–Trinajstić information content (AvgIpc) is 3.44. The summed E-state index contributed by atoms with van der Waals surface area (Å²) >= 11 is -3.11. The van der Waals surface area contributed by atoms with E-state index in [0.29, 0.717) is 7.25 Å². The first-order valence-electron chi connectivity index (χ1n) is 19.9. The third-order valence-electron chi connectivity index (χ3n) is 13.5. The third-order valence-corrected chi connectivity index (χ3v) is 30.5. The van der Waals surface area contributed by atoms with E-state index in [1.807, 2.05) is 0 Å². The van der Waals surface area contributed by atoms with E-state index < -0.39 is 20.3 Å². The second-order valence-electron chi connectivity index (χ2n) is 16.0. The van der Waals surface area contributed by atoms with Gasteiger partial charge in [-0.25, -0.2) is 0 Å². The molecular weight excluding hydrogens is 763 g/mol. The molecule has 10 rings (SSSR count). The summed E-state index contributed by atoms with van der Waals surface area (Å²) in [7, 11) is 0. The van der Waals surface area contributed by atoms with Gasteiger partial charge in [0.1, 0.15) is 0 Å². The van der Waals surface area contributed by atoms with Crippen LogP contribution in [0.1, 0.15) is 94.7 Å². The number of hydrogen-bond donors (Lipinski definition) is 0. The first-order valence-corrected chi connectivity index (χ1v) is 25.5. The van der Waals surface area contributed by atoms with Crippen molar-refractivity contribution in [2.75, 3.05) is 0 Å². The van der Waals surface area contributed by atoms with Crippen molar-refractivity contribution >= 4 is 33.7 Å². The molecule has 1 saturated carbocycles. The number of fused-ring (bicyclic) bond motifs is 5. The molecule has 6 aromatic rings. The molecule has 0 radical (unpaired) electrons. The maximum Gasteiger partial charge on any atom is -1.00 e. The van der Waals surface area contributed by atoms with E-state index in [4.69, 9.17) is 0 Å². The van der Waals surface area contributed by atoms with Gasteiger partial charge in [-0.15, -0.1) is 0 Å². The Balaban J connectivity index is 0.00000200. The summed E-state index contributed by atoms with van der Waals surface area (Å²) in [5.41, 5.74) is 15.8. The van der Waals surface area contributed by atoms with Gasteiger partial charge in [-0.3, -0.25) is 0 Å². The molecule has 4 unspecified atom stereocenters. The number of rotatable bonds is 8. The fraction of sp³-hybridized carbons (Fsp3) is 0.280. The first-order chi connectivity index (χ1) is 25.2. The molecule has 53 heavy (non-hydrogen) atoms. The zero-order valence-electron chi connectivity index (χ0n) is 30.9. The summed E-state index contributed by atoms with van der Waals surface area (Å²) in [4.78, 5) is 0. The van der Waals surface area contributed by atoms with Gasteiger partial charge in [-0.2, -0.15) is 0 Å². The van der Waals surface area contributed by atoms with E-state index in [-0.39, 0.29) is 24.8 Å². The van der Waals surface area contributed by atoms with Crippen LogP contribution in [-0.4, -0.2) is 0 Å². The van der Waals surface area contributed by atoms with Crippen LogP contribution < -0.4 is 24.8 Å². The van der Waals surface area contributed by atoms with E-state index in [1.54, 1.807) is 33.4 Å². The van der Waals surface area contributed by atoms with Crippen molar-refractivity contribution in [3.63, 3.8) is 0 Å². The van der Waals surface area contributed by atoms with Gasteiger partial charge in [-0.1, -0.05) is 0 Å². The molecule has 6 aromatic carbocycles. The second kappa shape index (κ2) is 14.8. The molecule has 1 saturated heterocycles. The third kappa shape index (κ3) is 5.62. The minimum atomic E-state index is -3.11. The average molecular weight is 811 g/mol. The molecule has 0 spiro atoms. The van der Waals surface area contributed by atoms with E-state index in [0.717, 1.165) is 7.25 Å². The smallest absolute Gasteiger partial charge is 1.00 e. The number of hydrogen-bond acceptors (Lipinski definition) is 0. The van der Waals surface area contributed by atoms with Crippen molar-refractivity contribution in [2.24, 2.45) is 0 Å². The van der Waals surface area contributed by atoms with Crippen LogP contribution in [-0.2, 0) is 20.3 Å². The maximum atomic E-state index is 2.73. The Morgan fingerprint density at radius 2 is 0.868 bits per heavy atom. The van der Waals surface area contributed by atoms with Gasteiger partial charge in [0.2, 0.25) is 0 Å². The molecule has 3 aliphatic carbocycles. The van der Waals surface area contributed by atoms with Crippen molar-refractivity contribution in [1.82, 2.24) is 0 Å². The molecule has 266 valence electrons. The minimum Gasteiger partial charge on any atom is -1.00 e. The molecule has 0 bridgehead atoms. The predicted molar refractivity (Wildman–Crippen MR) is 216 cm³/mol. The number of allylic oxidation sites excluding steroid dienone is 2. The SMILES string of the molecule is CCCC1=Cc2c(-c3cccc4ccccc34)cccc2[CH]1[Zr+2]1([CH]2C(CCC)=Cc3c(-c4cccc5ccccc45)cccc32)[CH]2CCCC[CH]21.[Cl-].[Cl-]. The largest absolute Gasteiger partial charge is 1.00 e. The molecule has 4 atom stereocenters. The molecule has 0 aromatic heterocycles. The summed E-state index contributed by atoms with van der Waals surface area (Å²) in [5, 5.41) is 5.42. The zero-order valence-corrected chi connectivity index (χ0v) is 34.9. The molecule has 4 aliphatic rings. The van der Waals surface area contributed by atoms with Gasteiger partial charge in [0.25, 0.3) is 0 Å². The maximum absolute atomic E-state index is 3.11. The topological polar surface area (TPSA) is 0 Å². The molecule has 3 heteroatoms. The molecule has 2 fully saturated rings. The van der Waals surface area contributed by atoms with E-state index in [1.165, 1.54) is 95.2 Å². The predicted octanol–water partition coefficient (Wildman–Crippen LogP) is 8.83. The Morgan fingerprint density at radius 1 is 0.472 bits per heavy atom. The summed E-state index contributed by atoms with van der Waals surface area (Å²) in [6, 6.07) is 46.7. The van der Waals surface area contributed by atoms with Gasteiger partial charge in [0.05, 0.1) is 0 Å². The van der Waals surface area contributed by atoms with Crippen molar-refractivity contribution in [3.8, 4) is 22.3 Å². The molecule has 1 aliphatic heterocycles. The van der Waals surface area contributed by atoms with Crippen molar-refractivity contribution in [3.05, 3.63) is 155 Å². The van der Waals surface area contributed by atoms with Gasteiger partial charge in [-0.05, 0) is 0 Å². The monoisotopic (exact) mass is 808 g/mol. The Kier molecular flexibility index (Phi) is 10.3. The Hall–Kier alpha value is -3.22. The number of benzene rings is 6. The van der Waals surface area contributed by atoms with Crippen LogP contribution >= 0.6 is 0 Å². The standard InChI is InChI=1S/2C22H19.C6H10.2ClH.Zr/c2*1-2-7-16-14-18-10-6-13-21(22(18)15-16)20-12-5-9-17-8-3-4-11-19(17)20;1-2-4-6-5-3-1;;;/h2*3-6,8-15H,2,7H2,1H3;1-2H,3-6H2;2*1H;/q;;;;;+2/p-2. The van der Waals surface area contributed by atoms with Crippen LogP contribution in [0.2, 0.25) is 7.25 Å². The van der Waals surface area contributed by atoms with Crippen molar-refractivity contribution in [2.45, 2.75) is 79.7 Å². The fourth-order valence-corrected chi connectivity index (χ4v) is 34.9. The van der Waals surface area contributed by atoms with Gasteiger partial charge in [0.15, 0.2) is 0 Å². The summed E-state index contributed by atoms with van der Waals surface area (Å²) in [6.07, 6.45) is 16.2. The Morgan fingerprint density at radius 3 is 1.32 bits per heavy atom. The van der Waals surface area contributed by atoms with Crippen LogP contribution in [0.4, 0.5) is 0 Å². The molecule has 0 N–H and O–H groups in total. The van der Waals surface area contributed by atoms with Crippen LogP contribution in [0.25, 0.3) is 56.0 Å². The first kappa shape index (κ1) is 36.7. The van der Waals surface area contributed by atoms with Crippen molar-refractivity contribution in [1.29, 1.82) is 0 Å². The summed E-state index contributed by atoms with van der Waals surface area (Å²) in [5.74, 6) is 0. The van der Waals surface area contributed by atoms with Crippen LogP contribution in [0.15, 0.2) is 132 Å². The molecule has 0 amide bonds. The van der Waals surface area contributed by atoms with E-state index in [2.05, 4.69) is 147 Å². The fourth-order valence-electron chi connectivity index (χ4n) is 11.8. The summed E-state index contributed by atoms with van der Waals surface area (Å²) in [6.45, 7) is 4.83.